The number of halogens is 2. The molecule has 1 nitrogen and oxygen atoms in total. The van der Waals surface area contributed by atoms with Gasteiger partial charge in [-0.1, -0.05) is 54.1 Å². The van der Waals surface area contributed by atoms with Crippen molar-refractivity contribution in [3.63, 3.8) is 0 Å². The lowest BCUT2D eigenvalue weighted by Gasteiger charge is -2.24. The normalized spacial score (nSPS) is 14.2. The topological polar surface area (TPSA) is 20.2 Å². The molecule has 0 bridgehead atoms. The van der Waals surface area contributed by atoms with E-state index in [0.717, 1.165) is 5.56 Å². The maximum atomic E-state index is 13.8. The molecule has 0 aliphatic carbocycles. The van der Waals surface area contributed by atoms with E-state index in [1.165, 1.54) is 6.07 Å². The maximum absolute atomic E-state index is 13.8. The van der Waals surface area contributed by atoms with Gasteiger partial charge in [-0.3, -0.25) is 0 Å². The first-order valence-electron chi connectivity index (χ1n) is 5.71. The second-order valence-corrected chi connectivity index (χ2v) is 4.94. The third-order valence-electron chi connectivity index (χ3n) is 2.96. The summed E-state index contributed by atoms with van der Waals surface area (Å²) in [4.78, 5) is 0. The monoisotopic (exact) mass is 264 g/mol. The zero-order valence-corrected chi connectivity index (χ0v) is 10.8. The Kier molecular flexibility index (Phi) is 3.69. The van der Waals surface area contributed by atoms with Crippen molar-refractivity contribution < 1.29 is 9.50 Å². The quantitative estimate of drug-likeness (QED) is 0.891. The lowest BCUT2D eigenvalue weighted by Crippen LogP contribution is -2.24. The summed E-state index contributed by atoms with van der Waals surface area (Å²) < 4.78 is 13.8. The van der Waals surface area contributed by atoms with Gasteiger partial charge < -0.3 is 5.11 Å². The van der Waals surface area contributed by atoms with Crippen molar-refractivity contribution in [2.75, 3.05) is 0 Å². The van der Waals surface area contributed by atoms with Gasteiger partial charge in [0.15, 0.2) is 0 Å². The first-order valence-corrected chi connectivity index (χ1v) is 6.09. The zero-order chi connectivity index (χ0) is 13.2. The predicted octanol–water partition coefficient (Wildman–Crippen LogP) is 3.93. The molecule has 2 rings (SSSR count). The summed E-state index contributed by atoms with van der Waals surface area (Å²) in [6.45, 7) is 1.67. The van der Waals surface area contributed by atoms with Gasteiger partial charge in [-0.2, -0.15) is 0 Å². The van der Waals surface area contributed by atoms with Crippen LogP contribution in [-0.4, -0.2) is 5.11 Å². The average Bonchev–Trinajstić information content (AvgIpc) is 2.36. The molecule has 94 valence electrons. The van der Waals surface area contributed by atoms with Crippen molar-refractivity contribution in [3.8, 4) is 0 Å². The van der Waals surface area contributed by atoms with Crippen molar-refractivity contribution in [1.82, 2.24) is 0 Å². The Labute approximate surface area is 111 Å². The molecular weight excluding hydrogens is 251 g/mol. The molecule has 0 radical (unpaired) electrons. The highest BCUT2D eigenvalue weighted by atomic mass is 35.5. The molecule has 0 saturated heterocycles. The standard InChI is InChI=1S/C15H14ClFO/c1-15(18,12-7-3-2-4-8-12)10-11-6-5-9-13(16)14(11)17/h2-9,18H,10H2,1H3. The zero-order valence-electron chi connectivity index (χ0n) is 10.0. The third-order valence-corrected chi connectivity index (χ3v) is 3.25. The van der Waals surface area contributed by atoms with Gasteiger partial charge in [0.05, 0.1) is 10.6 Å². The summed E-state index contributed by atoms with van der Waals surface area (Å²) in [5.41, 5.74) is 0.0491. The van der Waals surface area contributed by atoms with Crippen LogP contribution in [0.3, 0.4) is 0 Å². The van der Waals surface area contributed by atoms with Crippen molar-refractivity contribution in [2.45, 2.75) is 18.9 Å². The summed E-state index contributed by atoms with van der Waals surface area (Å²) in [5.74, 6) is -0.463. The molecule has 2 aromatic rings. The highest BCUT2D eigenvalue weighted by Crippen LogP contribution is 2.28. The second-order valence-electron chi connectivity index (χ2n) is 4.53. The van der Waals surface area contributed by atoms with Gasteiger partial charge in [-0.05, 0) is 24.1 Å². The Morgan fingerprint density at radius 3 is 2.44 bits per heavy atom. The Morgan fingerprint density at radius 1 is 1.11 bits per heavy atom. The lowest BCUT2D eigenvalue weighted by atomic mass is 9.89. The Hall–Kier alpha value is -1.38. The third kappa shape index (κ3) is 2.71. The van der Waals surface area contributed by atoms with Crippen LogP contribution in [-0.2, 0) is 12.0 Å². The number of benzene rings is 2. The van der Waals surface area contributed by atoms with Crippen LogP contribution in [0.2, 0.25) is 5.02 Å². The fraction of sp³-hybridized carbons (Fsp3) is 0.200. The van der Waals surface area contributed by atoms with Gasteiger partial charge in [0.1, 0.15) is 5.82 Å². The largest absolute Gasteiger partial charge is 0.385 e. The van der Waals surface area contributed by atoms with E-state index in [9.17, 15) is 9.50 Å². The molecule has 2 aromatic carbocycles. The van der Waals surface area contributed by atoms with Gasteiger partial charge in [0.25, 0.3) is 0 Å². The van der Waals surface area contributed by atoms with E-state index < -0.39 is 11.4 Å². The molecule has 0 heterocycles. The smallest absolute Gasteiger partial charge is 0.145 e. The Morgan fingerprint density at radius 2 is 1.78 bits per heavy atom. The minimum atomic E-state index is -1.12. The van der Waals surface area contributed by atoms with Crippen LogP contribution in [0.4, 0.5) is 4.39 Å². The Bertz CT molecular complexity index is 537. The SMILES string of the molecule is CC(O)(Cc1cccc(Cl)c1F)c1ccccc1. The fourth-order valence-corrected chi connectivity index (χ4v) is 2.15. The molecule has 1 N–H and O–H groups in total. The van der Waals surface area contributed by atoms with Gasteiger partial charge in [-0.15, -0.1) is 0 Å². The van der Waals surface area contributed by atoms with E-state index in [-0.39, 0.29) is 11.4 Å². The van der Waals surface area contributed by atoms with Gasteiger partial charge in [0.2, 0.25) is 0 Å². The van der Waals surface area contributed by atoms with Gasteiger partial charge in [0, 0.05) is 6.42 Å². The number of aliphatic hydroxyl groups is 1. The molecule has 1 unspecified atom stereocenters. The van der Waals surface area contributed by atoms with E-state index in [1.807, 2.05) is 30.3 Å². The van der Waals surface area contributed by atoms with Crippen LogP contribution < -0.4 is 0 Å². The molecule has 0 fully saturated rings. The summed E-state index contributed by atoms with van der Waals surface area (Å²) in [5, 5.41) is 10.5. The van der Waals surface area contributed by atoms with Crippen LogP contribution in [0.25, 0.3) is 0 Å². The minimum absolute atomic E-state index is 0.0800. The minimum Gasteiger partial charge on any atom is -0.385 e. The van der Waals surface area contributed by atoms with Gasteiger partial charge >= 0.3 is 0 Å². The lowest BCUT2D eigenvalue weighted by molar-refractivity contribution is 0.0567. The molecule has 0 spiro atoms. The molecule has 3 heteroatoms. The molecule has 1 atom stereocenters. The number of hydrogen-bond donors (Lipinski definition) is 1. The molecular formula is C15H14ClFO. The molecule has 0 aliphatic heterocycles. The molecule has 0 amide bonds. The van der Waals surface area contributed by atoms with Crippen LogP contribution in [0, 0.1) is 5.82 Å². The van der Waals surface area contributed by atoms with Crippen LogP contribution in [0.5, 0.6) is 0 Å². The molecule has 18 heavy (non-hydrogen) atoms. The number of hydrogen-bond acceptors (Lipinski definition) is 1. The summed E-state index contributed by atoms with van der Waals surface area (Å²) in [6, 6.07) is 14.0. The highest BCUT2D eigenvalue weighted by molar-refractivity contribution is 6.30. The number of rotatable bonds is 3. The van der Waals surface area contributed by atoms with Crippen LogP contribution >= 0.6 is 11.6 Å². The maximum Gasteiger partial charge on any atom is 0.145 e. The summed E-state index contributed by atoms with van der Waals surface area (Å²) in [7, 11) is 0. The van der Waals surface area contributed by atoms with Crippen LogP contribution in [0.15, 0.2) is 48.5 Å². The molecule has 0 aliphatic rings. The highest BCUT2D eigenvalue weighted by Gasteiger charge is 2.25. The summed E-state index contributed by atoms with van der Waals surface area (Å²) >= 11 is 5.73. The molecule has 0 aromatic heterocycles. The van der Waals surface area contributed by atoms with Crippen LogP contribution in [0.1, 0.15) is 18.1 Å². The van der Waals surface area contributed by atoms with Gasteiger partial charge in [-0.25, -0.2) is 4.39 Å². The van der Waals surface area contributed by atoms with E-state index in [2.05, 4.69) is 0 Å². The van der Waals surface area contributed by atoms with E-state index in [4.69, 9.17) is 11.6 Å². The van der Waals surface area contributed by atoms with Crippen molar-refractivity contribution in [3.05, 3.63) is 70.5 Å². The average molecular weight is 265 g/mol. The summed E-state index contributed by atoms with van der Waals surface area (Å²) in [6.07, 6.45) is 0.184. The van der Waals surface area contributed by atoms with E-state index in [1.54, 1.807) is 19.1 Å². The second kappa shape index (κ2) is 5.09. The molecule has 0 saturated carbocycles. The van der Waals surface area contributed by atoms with E-state index >= 15 is 0 Å². The Balaban J connectivity index is 2.31. The van der Waals surface area contributed by atoms with Crippen molar-refractivity contribution in [2.24, 2.45) is 0 Å². The van der Waals surface area contributed by atoms with Crippen molar-refractivity contribution in [1.29, 1.82) is 0 Å². The predicted molar refractivity (Wildman–Crippen MR) is 71.1 cm³/mol. The van der Waals surface area contributed by atoms with Crippen molar-refractivity contribution >= 4 is 11.6 Å². The first-order chi connectivity index (χ1) is 8.50. The first kappa shape index (κ1) is 13.1. The van der Waals surface area contributed by atoms with E-state index in [0.29, 0.717) is 5.56 Å². The fourth-order valence-electron chi connectivity index (χ4n) is 1.96.